The number of benzene rings is 1. The molecule has 1 aromatic heterocycles. The minimum atomic E-state index is 0.0670. The third-order valence-electron chi connectivity index (χ3n) is 2.01. The minimum Gasteiger partial charge on any atom is -0.352 e. The number of carbonyl (C=O) groups is 1. The van der Waals surface area contributed by atoms with Crippen molar-refractivity contribution < 1.29 is 4.79 Å². The Morgan fingerprint density at radius 1 is 1.36 bits per heavy atom. The van der Waals surface area contributed by atoms with Crippen molar-refractivity contribution >= 4 is 48.5 Å². The Labute approximate surface area is 97.9 Å². The van der Waals surface area contributed by atoms with Crippen LogP contribution in [0.25, 0.3) is 10.9 Å². The lowest BCUT2D eigenvalue weighted by atomic mass is 10.2. The van der Waals surface area contributed by atoms with Gasteiger partial charge in [0.2, 0.25) is 0 Å². The largest absolute Gasteiger partial charge is 0.352 e. The van der Waals surface area contributed by atoms with Crippen molar-refractivity contribution in [1.82, 2.24) is 4.98 Å². The molecule has 4 heteroatoms. The highest BCUT2D eigenvalue weighted by Gasteiger charge is 2.07. The van der Waals surface area contributed by atoms with Crippen LogP contribution in [0.3, 0.4) is 0 Å². The number of aromatic nitrogens is 1. The summed E-state index contributed by atoms with van der Waals surface area (Å²) in [4.78, 5) is 14.5. The average Bonchev–Trinajstić information content (AvgIpc) is 2.59. The van der Waals surface area contributed by atoms with Gasteiger partial charge in [-0.2, -0.15) is 0 Å². The van der Waals surface area contributed by atoms with E-state index in [1.165, 1.54) is 0 Å². The standard InChI is InChI=1S/C10H7Br2NO/c11-5-10(14)9-3-6-1-2-7(12)4-8(6)13-9/h1-4,13H,5H2. The molecule has 2 aromatic rings. The third kappa shape index (κ3) is 1.77. The van der Waals surface area contributed by atoms with Crippen LogP contribution in [0.15, 0.2) is 28.7 Å². The molecule has 0 aliphatic rings. The number of hydrogen-bond donors (Lipinski definition) is 1. The molecule has 2 rings (SSSR count). The Morgan fingerprint density at radius 3 is 2.86 bits per heavy atom. The van der Waals surface area contributed by atoms with Gasteiger partial charge in [-0.1, -0.05) is 37.9 Å². The second-order valence-electron chi connectivity index (χ2n) is 2.97. The van der Waals surface area contributed by atoms with Gasteiger partial charge in [0, 0.05) is 15.4 Å². The van der Waals surface area contributed by atoms with E-state index in [9.17, 15) is 4.79 Å². The van der Waals surface area contributed by atoms with Crippen LogP contribution >= 0.6 is 31.9 Å². The van der Waals surface area contributed by atoms with E-state index in [-0.39, 0.29) is 5.78 Å². The molecule has 0 bridgehead atoms. The zero-order chi connectivity index (χ0) is 10.1. The first kappa shape index (κ1) is 9.93. The number of rotatable bonds is 2. The quantitative estimate of drug-likeness (QED) is 0.667. The molecular weight excluding hydrogens is 310 g/mol. The molecule has 72 valence electrons. The van der Waals surface area contributed by atoms with Crippen LogP contribution in [0.1, 0.15) is 10.5 Å². The molecule has 14 heavy (non-hydrogen) atoms. The third-order valence-corrected chi connectivity index (χ3v) is 3.01. The van der Waals surface area contributed by atoms with Gasteiger partial charge >= 0.3 is 0 Å². The molecule has 0 aliphatic carbocycles. The van der Waals surface area contributed by atoms with Crippen LogP contribution in [0.4, 0.5) is 0 Å². The topological polar surface area (TPSA) is 32.9 Å². The van der Waals surface area contributed by atoms with Crippen LogP contribution in [-0.4, -0.2) is 16.1 Å². The summed E-state index contributed by atoms with van der Waals surface area (Å²) in [6, 6.07) is 7.76. The van der Waals surface area contributed by atoms with Gasteiger partial charge in [-0.3, -0.25) is 4.79 Å². The molecule has 0 radical (unpaired) electrons. The fourth-order valence-electron chi connectivity index (χ4n) is 1.32. The van der Waals surface area contributed by atoms with Crippen molar-refractivity contribution in [2.75, 3.05) is 5.33 Å². The predicted molar refractivity (Wildman–Crippen MR) is 64.1 cm³/mol. The molecule has 1 heterocycles. The van der Waals surface area contributed by atoms with Crippen LogP contribution in [0.2, 0.25) is 0 Å². The van der Waals surface area contributed by atoms with Crippen LogP contribution in [0, 0.1) is 0 Å². The van der Waals surface area contributed by atoms with Crippen molar-refractivity contribution in [3.63, 3.8) is 0 Å². The molecule has 2 nitrogen and oxygen atoms in total. The van der Waals surface area contributed by atoms with Crippen molar-refractivity contribution in [3.8, 4) is 0 Å². The summed E-state index contributed by atoms with van der Waals surface area (Å²) >= 11 is 6.53. The van der Waals surface area contributed by atoms with E-state index in [4.69, 9.17) is 0 Å². The molecule has 0 atom stereocenters. The number of H-pyrrole nitrogens is 1. The number of hydrogen-bond acceptors (Lipinski definition) is 1. The maximum absolute atomic E-state index is 11.4. The number of fused-ring (bicyclic) bond motifs is 1. The summed E-state index contributed by atoms with van der Waals surface area (Å²) in [5, 5.41) is 1.40. The summed E-state index contributed by atoms with van der Waals surface area (Å²) < 4.78 is 1.00. The van der Waals surface area contributed by atoms with Crippen LogP contribution < -0.4 is 0 Å². The fraction of sp³-hybridized carbons (Fsp3) is 0.100. The van der Waals surface area contributed by atoms with Gasteiger partial charge in [-0.25, -0.2) is 0 Å². The van der Waals surface area contributed by atoms with Gasteiger partial charge in [-0.05, 0) is 18.2 Å². The zero-order valence-corrected chi connectivity index (χ0v) is 10.4. The first-order valence-electron chi connectivity index (χ1n) is 4.08. The van der Waals surface area contributed by atoms with Gasteiger partial charge in [0.15, 0.2) is 5.78 Å². The van der Waals surface area contributed by atoms with E-state index in [0.29, 0.717) is 11.0 Å². The molecule has 0 amide bonds. The van der Waals surface area contributed by atoms with Crippen molar-refractivity contribution in [1.29, 1.82) is 0 Å². The zero-order valence-electron chi connectivity index (χ0n) is 7.18. The van der Waals surface area contributed by atoms with Gasteiger partial charge in [0.1, 0.15) is 0 Å². The Balaban J connectivity index is 2.56. The molecule has 0 aliphatic heterocycles. The first-order valence-corrected chi connectivity index (χ1v) is 5.99. The SMILES string of the molecule is O=C(CBr)c1cc2ccc(Br)cc2[nH]1. The number of alkyl halides is 1. The summed E-state index contributed by atoms with van der Waals surface area (Å²) in [5.74, 6) is 0.0670. The van der Waals surface area contributed by atoms with E-state index >= 15 is 0 Å². The lowest BCUT2D eigenvalue weighted by Gasteiger charge is -1.90. The first-order chi connectivity index (χ1) is 6.70. The van der Waals surface area contributed by atoms with Gasteiger partial charge in [0.25, 0.3) is 0 Å². The summed E-state index contributed by atoms with van der Waals surface area (Å²) in [5.41, 5.74) is 1.62. The summed E-state index contributed by atoms with van der Waals surface area (Å²) in [7, 11) is 0. The smallest absolute Gasteiger partial charge is 0.189 e. The average molecular weight is 317 g/mol. The molecular formula is C10H7Br2NO. The molecule has 0 spiro atoms. The maximum Gasteiger partial charge on any atom is 0.189 e. The molecule has 0 unspecified atom stereocenters. The second kappa shape index (κ2) is 3.87. The van der Waals surface area contributed by atoms with Crippen molar-refractivity contribution in [2.45, 2.75) is 0 Å². The van der Waals surface area contributed by atoms with Gasteiger partial charge < -0.3 is 4.98 Å². The number of carbonyl (C=O) groups excluding carboxylic acids is 1. The number of nitrogens with one attached hydrogen (secondary N) is 1. The Morgan fingerprint density at radius 2 is 2.14 bits per heavy atom. The van der Waals surface area contributed by atoms with E-state index in [1.54, 1.807) is 0 Å². The van der Waals surface area contributed by atoms with E-state index in [0.717, 1.165) is 15.4 Å². The normalized spacial score (nSPS) is 10.7. The Kier molecular flexibility index (Phi) is 2.74. The number of aromatic amines is 1. The second-order valence-corrected chi connectivity index (χ2v) is 4.45. The number of ketones is 1. The Hall–Kier alpha value is -0.610. The highest BCUT2D eigenvalue weighted by molar-refractivity contribution is 9.10. The fourth-order valence-corrected chi connectivity index (χ4v) is 1.98. The van der Waals surface area contributed by atoms with E-state index < -0.39 is 0 Å². The predicted octanol–water partition coefficient (Wildman–Crippen LogP) is 3.51. The molecule has 1 aromatic carbocycles. The monoisotopic (exact) mass is 315 g/mol. The van der Waals surface area contributed by atoms with Crippen molar-refractivity contribution in [2.24, 2.45) is 0 Å². The number of halogens is 2. The lowest BCUT2D eigenvalue weighted by molar-refractivity contribution is 0.102. The Bertz CT molecular complexity index is 490. The van der Waals surface area contributed by atoms with E-state index in [2.05, 4.69) is 36.8 Å². The summed E-state index contributed by atoms with van der Waals surface area (Å²) in [6.07, 6.45) is 0. The van der Waals surface area contributed by atoms with Gasteiger partial charge in [-0.15, -0.1) is 0 Å². The van der Waals surface area contributed by atoms with Crippen LogP contribution in [0.5, 0.6) is 0 Å². The molecule has 1 N–H and O–H groups in total. The van der Waals surface area contributed by atoms with E-state index in [1.807, 2.05) is 24.3 Å². The number of Topliss-reactive ketones (excluding diaryl/α,β-unsaturated/α-hetero) is 1. The molecule has 0 fully saturated rings. The minimum absolute atomic E-state index is 0.0670. The molecule has 0 saturated carbocycles. The molecule has 0 saturated heterocycles. The maximum atomic E-state index is 11.4. The van der Waals surface area contributed by atoms with Crippen molar-refractivity contribution in [3.05, 3.63) is 34.4 Å². The van der Waals surface area contributed by atoms with Crippen LogP contribution in [-0.2, 0) is 0 Å². The summed E-state index contributed by atoms with van der Waals surface area (Å²) in [6.45, 7) is 0. The van der Waals surface area contributed by atoms with Gasteiger partial charge in [0.05, 0.1) is 11.0 Å². The highest BCUT2D eigenvalue weighted by Crippen LogP contribution is 2.20. The highest BCUT2D eigenvalue weighted by atomic mass is 79.9. The lowest BCUT2D eigenvalue weighted by Crippen LogP contribution is -1.99.